The molecule has 1 aromatic carbocycles. The standard InChI is InChI=1S/C9H9NO4/c1-5-6(9(11)12)3-4-7-8(5)14-10(2)13-7/h3-4H,1-2H3,(H,11,12). The lowest BCUT2D eigenvalue weighted by molar-refractivity contribution is -0.204. The molecule has 0 atom stereocenters. The molecule has 2 rings (SSSR count). The number of hydrogen-bond donors (Lipinski definition) is 1. The lowest BCUT2D eigenvalue weighted by Crippen LogP contribution is -2.19. The third-order valence-electron chi connectivity index (χ3n) is 2.05. The number of benzene rings is 1. The van der Waals surface area contributed by atoms with Crippen LogP contribution in [0.2, 0.25) is 0 Å². The number of carboxylic acid groups (broad SMARTS) is 1. The fraction of sp³-hybridized carbons (Fsp3) is 0.222. The van der Waals surface area contributed by atoms with E-state index in [1.54, 1.807) is 20.0 Å². The third kappa shape index (κ3) is 1.18. The number of fused-ring (bicyclic) bond motifs is 1. The van der Waals surface area contributed by atoms with E-state index in [2.05, 4.69) is 0 Å². The van der Waals surface area contributed by atoms with Gasteiger partial charge in [-0.1, -0.05) is 0 Å². The van der Waals surface area contributed by atoms with Gasteiger partial charge in [0.25, 0.3) is 0 Å². The zero-order chi connectivity index (χ0) is 10.3. The van der Waals surface area contributed by atoms with Crippen LogP contribution in [0.4, 0.5) is 0 Å². The van der Waals surface area contributed by atoms with Gasteiger partial charge in [0, 0.05) is 10.8 Å². The topological polar surface area (TPSA) is 59.0 Å². The zero-order valence-electron chi connectivity index (χ0n) is 7.77. The number of nitrogens with zero attached hydrogens (tertiary/aromatic N) is 1. The summed E-state index contributed by atoms with van der Waals surface area (Å²) in [5, 5.41) is 10.0. The van der Waals surface area contributed by atoms with Crippen LogP contribution in [0.15, 0.2) is 12.1 Å². The van der Waals surface area contributed by atoms with Crippen molar-refractivity contribution in [3.8, 4) is 11.5 Å². The molecular weight excluding hydrogens is 186 g/mol. The van der Waals surface area contributed by atoms with Crippen LogP contribution in [0, 0.1) is 6.92 Å². The number of aromatic carboxylic acids is 1. The Bertz CT molecular complexity index is 402. The van der Waals surface area contributed by atoms with Gasteiger partial charge in [0.05, 0.1) is 12.6 Å². The van der Waals surface area contributed by atoms with Gasteiger partial charge < -0.3 is 14.8 Å². The van der Waals surface area contributed by atoms with E-state index in [1.807, 2.05) is 0 Å². The molecular formula is C9H9NO4. The van der Waals surface area contributed by atoms with Crippen LogP contribution in [0.5, 0.6) is 11.5 Å². The van der Waals surface area contributed by atoms with Gasteiger partial charge in [0.2, 0.25) is 0 Å². The summed E-state index contributed by atoms with van der Waals surface area (Å²) in [6, 6.07) is 3.08. The highest BCUT2D eigenvalue weighted by Crippen LogP contribution is 2.37. The van der Waals surface area contributed by atoms with Gasteiger partial charge in [-0.2, -0.15) is 0 Å². The van der Waals surface area contributed by atoms with E-state index in [0.717, 1.165) is 0 Å². The summed E-state index contributed by atoms with van der Waals surface area (Å²) in [5.74, 6) is 0.0332. The second-order valence-corrected chi connectivity index (χ2v) is 2.99. The number of carbonyl (C=O) groups is 1. The summed E-state index contributed by atoms with van der Waals surface area (Å²) in [6.45, 7) is 1.69. The van der Waals surface area contributed by atoms with Crippen molar-refractivity contribution < 1.29 is 19.6 Å². The van der Waals surface area contributed by atoms with Crippen LogP contribution >= 0.6 is 0 Å². The average molecular weight is 195 g/mol. The molecule has 74 valence electrons. The summed E-state index contributed by atoms with van der Waals surface area (Å²) in [4.78, 5) is 21.1. The van der Waals surface area contributed by atoms with E-state index in [0.29, 0.717) is 17.1 Å². The maximum atomic E-state index is 10.8. The van der Waals surface area contributed by atoms with Crippen molar-refractivity contribution in [1.29, 1.82) is 0 Å². The van der Waals surface area contributed by atoms with Crippen molar-refractivity contribution in [3.63, 3.8) is 0 Å². The molecule has 0 amide bonds. The predicted octanol–water partition coefficient (Wildman–Crippen LogP) is 1.23. The molecule has 0 saturated carbocycles. The largest absolute Gasteiger partial charge is 0.478 e. The van der Waals surface area contributed by atoms with Crippen LogP contribution < -0.4 is 9.68 Å². The highest BCUT2D eigenvalue weighted by Gasteiger charge is 2.24. The van der Waals surface area contributed by atoms with E-state index in [9.17, 15) is 4.79 Å². The van der Waals surface area contributed by atoms with Crippen molar-refractivity contribution in [1.82, 2.24) is 5.23 Å². The molecule has 1 heterocycles. The Labute approximate surface area is 80.4 Å². The first-order chi connectivity index (χ1) is 6.59. The molecule has 5 nitrogen and oxygen atoms in total. The molecule has 0 unspecified atom stereocenters. The normalized spacial score (nSPS) is 14.4. The quantitative estimate of drug-likeness (QED) is 0.730. The van der Waals surface area contributed by atoms with E-state index in [-0.39, 0.29) is 5.56 Å². The Morgan fingerprint density at radius 3 is 2.79 bits per heavy atom. The third-order valence-corrected chi connectivity index (χ3v) is 2.05. The smallest absolute Gasteiger partial charge is 0.336 e. The van der Waals surface area contributed by atoms with Crippen LogP contribution in [-0.4, -0.2) is 23.4 Å². The van der Waals surface area contributed by atoms with Crippen molar-refractivity contribution in [2.24, 2.45) is 0 Å². The van der Waals surface area contributed by atoms with Crippen LogP contribution in [0.3, 0.4) is 0 Å². The van der Waals surface area contributed by atoms with Gasteiger partial charge in [0.1, 0.15) is 0 Å². The predicted molar refractivity (Wildman–Crippen MR) is 47.2 cm³/mol. The van der Waals surface area contributed by atoms with E-state index >= 15 is 0 Å². The molecule has 0 saturated heterocycles. The van der Waals surface area contributed by atoms with Crippen molar-refractivity contribution in [3.05, 3.63) is 23.3 Å². The first-order valence-electron chi connectivity index (χ1n) is 4.06. The summed E-state index contributed by atoms with van der Waals surface area (Å²) in [5.41, 5.74) is 0.794. The number of carboxylic acids is 1. The molecule has 0 bridgehead atoms. The van der Waals surface area contributed by atoms with Gasteiger partial charge in [-0.05, 0) is 19.1 Å². The minimum absolute atomic E-state index is 0.225. The Morgan fingerprint density at radius 1 is 1.43 bits per heavy atom. The molecule has 0 aliphatic carbocycles. The number of hydroxylamine groups is 2. The Morgan fingerprint density at radius 2 is 2.14 bits per heavy atom. The lowest BCUT2D eigenvalue weighted by atomic mass is 10.1. The fourth-order valence-electron chi connectivity index (χ4n) is 1.37. The summed E-state index contributed by atoms with van der Waals surface area (Å²) < 4.78 is 0. The first kappa shape index (κ1) is 8.83. The van der Waals surface area contributed by atoms with Crippen molar-refractivity contribution in [2.45, 2.75) is 6.92 Å². The minimum atomic E-state index is -0.969. The Kier molecular flexibility index (Phi) is 1.82. The molecule has 14 heavy (non-hydrogen) atoms. The van der Waals surface area contributed by atoms with Gasteiger partial charge in [-0.25, -0.2) is 4.79 Å². The van der Waals surface area contributed by atoms with Crippen LogP contribution in [0.1, 0.15) is 15.9 Å². The molecule has 0 aromatic heterocycles. The monoisotopic (exact) mass is 195 g/mol. The molecule has 1 aliphatic heterocycles. The van der Waals surface area contributed by atoms with E-state index in [4.69, 9.17) is 14.8 Å². The van der Waals surface area contributed by atoms with Crippen molar-refractivity contribution >= 4 is 5.97 Å². The molecule has 1 aromatic rings. The van der Waals surface area contributed by atoms with Gasteiger partial charge in [-0.15, -0.1) is 0 Å². The summed E-state index contributed by atoms with van der Waals surface area (Å²) in [7, 11) is 1.60. The van der Waals surface area contributed by atoms with Gasteiger partial charge >= 0.3 is 5.97 Å². The highest BCUT2D eigenvalue weighted by atomic mass is 17.0. The lowest BCUT2D eigenvalue weighted by Gasteiger charge is -2.04. The Balaban J connectivity index is 2.53. The summed E-state index contributed by atoms with van der Waals surface area (Å²) >= 11 is 0. The molecule has 1 aliphatic rings. The van der Waals surface area contributed by atoms with Crippen molar-refractivity contribution in [2.75, 3.05) is 7.05 Å². The Hall–Kier alpha value is -1.75. The first-order valence-corrected chi connectivity index (χ1v) is 4.06. The van der Waals surface area contributed by atoms with Gasteiger partial charge in [0.15, 0.2) is 11.5 Å². The summed E-state index contributed by atoms with van der Waals surface area (Å²) in [6.07, 6.45) is 0. The number of rotatable bonds is 1. The molecule has 0 fully saturated rings. The van der Waals surface area contributed by atoms with Crippen LogP contribution in [0.25, 0.3) is 0 Å². The highest BCUT2D eigenvalue weighted by molar-refractivity contribution is 5.90. The molecule has 0 spiro atoms. The van der Waals surface area contributed by atoms with E-state index in [1.165, 1.54) is 11.3 Å². The minimum Gasteiger partial charge on any atom is -0.478 e. The second-order valence-electron chi connectivity index (χ2n) is 2.99. The fourth-order valence-corrected chi connectivity index (χ4v) is 1.37. The SMILES string of the molecule is Cc1c(C(=O)O)ccc2c1ON(C)O2. The molecule has 1 N–H and O–H groups in total. The second kappa shape index (κ2) is 2.88. The van der Waals surface area contributed by atoms with E-state index < -0.39 is 5.97 Å². The zero-order valence-corrected chi connectivity index (χ0v) is 7.77. The maximum Gasteiger partial charge on any atom is 0.336 e. The molecule has 5 heteroatoms. The van der Waals surface area contributed by atoms with Gasteiger partial charge in [-0.3, -0.25) is 0 Å². The van der Waals surface area contributed by atoms with Crippen LogP contribution in [-0.2, 0) is 0 Å². The number of hydrogen-bond acceptors (Lipinski definition) is 4. The maximum absolute atomic E-state index is 10.8. The average Bonchev–Trinajstić information content (AvgIpc) is 2.46. The molecule has 0 radical (unpaired) electrons.